The van der Waals surface area contributed by atoms with Crippen LogP contribution in [0.5, 0.6) is 0 Å². The summed E-state index contributed by atoms with van der Waals surface area (Å²) in [7, 11) is 0. The number of hydrogen-bond donors (Lipinski definition) is 2. The van der Waals surface area contributed by atoms with Crippen molar-refractivity contribution in [1.82, 2.24) is 10.3 Å². The van der Waals surface area contributed by atoms with E-state index in [1.54, 1.807) is 44.3 Å². The zero-order valence-corrected chi connectivity index (χ0v) is 16.3. The number of rotatable bonds is 6. The van der Waals surface area contributed by atoms with Crippen molar-refractivity contribution in [2.75, 3.05) is 6.61 Å². The number of esters is 1. The van der Waals surface area contributed by atoms with Crippen LogP contribution in [0.2, 0.25) is 0 Å². The van der Waals surface area contributed by atoms with Crippen LogP contribution >= 0.6 is 0 Å². The first-order valence-corrected chi connectivity index (χ1v) is 9.20. The van der Waals surface area contributed by atoms with Crippen molar-refractivity contribution in [2.45, 2.75) is 19.8 Å². The molecule has 1 unspecified atom stereocenters. The van der Waals surface area contributed by atoms with Gasteiger partial charge in [-0.1, -0.05) is 42.5 Å². The van der Waals surface area contributed by atoms with Gasteiger partial charge >= 0.3 is 11.9 Å². The highest BCUT2D eigenvalue weighted by molar-refractivity contribution is 5.99. The molecule has 0 amide bonds. The molecule has 0 radical (unpaired) electrons. The molecule has 6 nitrogen and oxygen atoms in total. The summed E-state index contributed by atoms with van der Waals surface area (Å²) in [6.45, 7) is 3.48. The summed E-state index contributed by atoms with van der Waals surface area (Å²) in [6, 6.07) is 14.9. The van der Waals surface area contributed by atoms with Crippen molar-refractivity contribution in [3.8, 4) is 0 Å². The van der Waals surface area contributed by atoms with E-state index in [1.165, 1.54) is 0 Å². The van der Waals surface area contributed by atoms with Crippen LogP contribution in [-0.4, -0.2) is 28.6 Å². The van der Waals surface area contributed by atoms with Crippen LogP contribution in [0.3, 0.4) is 0 Å². The lowest BCUT2D eigenvalue weighted by Crippen LogP contribution is -2.32. The van der Waals surface area contributed by atoms with E-state index in [4.69, 9.17) is 4.74 Å². The number of carboxylic acid groups (broad SMARTS) is 1. The lowest BCUT2D eigenvalue weighted by molar-refractivity contribution is -0.138. The third kappa shape index (κ3) is 4.60. The van der Waals surface area contributed by atoms with Crippen LogP contribution in [0.25, 0.3) is 6.08 Å². The van der Waals surface area contributed by atoms with E-state index < -0.39 is 17.9 Å². The average Bonchev–Trinajstić information content (AvgIpc) is 2.71. The monoisotopic (exact) mass is 390 g/mol. The van der Waals surface area contributed by atoms with Gasteiger partial charge in [0.15, 0.2) is 0 Å². The second kappa shape index (κ2) is 9.01. The average molecular weight is 390 g/mol. The maximum atomic E-state index is 12.9. The highest BCUT2D eigenvalue weighted by Gasteiger charge is 2.37. The number of aliphatic carboxylic acids is 1. The number of dihydropyridines is 1. The molecule has 1 atom stereocenters. The highest BCUT2D eigenvalue weighted by Crippen LogP contribution is 2.37. The van der Waals surface area contributed by atoms with Crippen molar-refractivity contribution in [1.29, 1.82) is 0 Å². The second-order valence-corrected chi connectivity index (χ2v) is 6.61. The molecular weight excluding hydrogens is 368 g/mol. The van der Waals surface area contributed by atoms with Crippen molar-refractivity contribution in [3.63, 3.8) is 0 Å². The van der Waals surface area contributed by atoms with Crippen LogP contribution in [0, 0.1) is 0 Å². The van der Waals surface area contributed by atoms with Gasteiger partial charge in [0.2, 0.25) is 0 Å². The topological polar surface area (TPSA) is 88.5 Å². The number of pyridine rings is 1. The summed E-state index contributed by atoms with van der Waals surface area (Å²) in [5.41, 5.74) is 2.85. The lowest BCUT2D eigenvalue weighted by Gasteiger charge is -2.28. The summed E-state index contributed by atoms with van der Waals surface area (Å²) >= 11 is 0. The van der Waals surface area contributed by atoms with Crippen LogP contribution in [0.4, 0.5) is 0 Å². The maximum absolute atomic E-state index is 12.9. The minimum absolute atomic E-state index is 0.0740. The number of carbonyl (C=O) groups excluding carboxylic acids is 1. The number of hydrogen-bond acceptors (Lipinski definition) is 5. The number of nitrogens with zero attached hydrogens (tertiary/aromatic N) is 1. The molecule has 148 valence electrons. The van der Waals surface area contributed by atoms with Crippen LogP contribution < -0.4 is 5.32 Å². The zero-order chi connectivity index (χ0) is 20.8. The largest absolute Gasteiger partial charge is 0.478 e. The van der Waals surface area contributed by atoms with Crippen LogP contribution in [0.15, 0.2) is 83.3 Å². The lowest BCUT2D eigenvalue weighted by atomic mass is 9.83. The normalized spacial score (nSPS) is 16.7. The van der Waals surface area contributed by atoms with Crippen LogP contribution in [0.1, 0.15) is 31.0 Å². The standard InChI is InChI=1S/C23H22N2O4/c1-15-19(22(26)27)21(18-12-6-7-13-24-18)20(16(2)25-15)23(28)29-14-8-11-17-9-4-3-5-10-17/h3-13,21,25H,14H2,1-2H3,(H,26,27)/b11-8+. The minimum Gasteiger partial charge on any atom is -0.478 e. The maximum Gasteiger partial charge on any atom is 0.337 e. The molecule has 2 aromatic rings. The Bertz CT molecular complexity index is 992. The van der Waals surface area contributed by atoms with Gasteiger partial charge < -0.3 is 15.2 Å². The number of aromatic nitrogens is 1. The van der Waals surface area contributed by atoms with Gasteiger partial charge in [0.1, 0.15) is 6.61 Å². The summed E-state index contributed by atoms with van der Waals surface area (Å²) in [5, 5.41) is 12.7. The van der Waals surface area contributed by atoms with Gasteiger partial charge in [-0.05, 0) is 37.6 Å². The van der Waals surface area contributed by atoms with Gasteiger partial charge in [-0.2, -0.15) is 0 Å². The first kappa shape index (κ1) is 20.1. The van der Waals surface area contributed by atoms with Gasteiger partial charge in [-0.25, -0.2) is 9.59 Å². The molecule has 1 aliphatic rings. The van der Waals surface area contributed by atoms with Crippen molar-refractivity contribution >= 4 is 18.0 Å². The Balaban J connectivity index is 1.85. The predicted octanol–water partition coefficient (Wildman–Crippen LogP) is 3.66. The molecule has 2 heterocycles. The number of carbonyl (C=O) groups is 2. The molecule has 6 heteroatoms. The summed E-state index contributed by atoms with van der Waals surface area (Å²) in [4.78, 5) is 29.1. The van der Waals surface area contributed by atoms with Gasteiger partial charge in [0.25, 0.3) is 0 Å². The number of carboxylic acids is 1. The Labute approximate surface area is 169 Å². The third-order valence-electron chi connectivity index (χ3n) is 4.61. The SMILES string of the molecule is CC1=C(C(=O)O)C(c2ccccn2)C(C(=O)OC/C=C/c2ccccc2)=C(C)N1. The molecule has 0 fully saturated rings. The quantitative estimate of drug-likeness (QED) is 0.732. The Morgan fingerprint density at radius 2 is 1.76 bits per heavy atom. The number of allylic oxidation sites excluding steroid dienone is 2. The van der Waals surface area contributed by atoms with E-state index in [2.05, 4.69) is 10.3 Å². The third-order valence-corrected chi connectivity index (χ3v) is 4.61. The number of benzene rings is 1. The molecule has 0 bridgehead atoms. The summed E-state index contributed by atoms with van der Waals surface area (Å²) in [5.74, 6) is -2.48. The second-order valence-electron chi connectivity index (χ2n) is 6.61. The first-order chi connectivity index (χ1) is 14.0. The molecule has 1 aromatic carbocycles. The van der Waals surface area contributed by atoms with Crippen molar-refractivity contribution < 1.29 is 19.4 Å². The summed E-state index contributed by atoms with van der Waals surface area (Å²) < 4.78 is 5.42. The number of nitrogens with one attached hydrogen (secondary N) is 1. The van der Waals surface area contributed by atoms with E-state index in [0.717, 1.165) is 5.56 Å². The van der Waals surface area contributed by atoms with Crippen LogP contribution in [-0.2, 0) is 14.3 Å². The van der Waals surface area contributed by atoms with E-state index in [9.17, 15) is 14.7 Å². The van der Waals surface area contributed by atoms with E-state index in [0.29, 0.717) is 17.1 Å². The van der Waals surface area contributed by atoms with Gasteiger partial charge in [0, 0.05) is 17.6 Å². The van der Waals surface area contributed by atoms with E-state index in [-0.39, 0.29) is 17.8 Å². The minimum atomic E-state index is -1.10. The zero-order valence-electron chi connectivity index (χ0n) is 16.3. The molecule has 3 rings (SSSR count). The first-order valence-electron chi connectivity index (χ1n) is 9.20. The molecule has 0 aliphatic carbocycles. The molecule has 0 saturated heterocycles. The van der Waals surface area contributed by atoms with E-state index >= 15 is 0 Å². The molecule has 0 saturated carbocycles. The fourth-order valence-electron chi connectivity index (χ4n) is 3.34. The van der Waals surface area contributed by atoms with Gasteiger partial charge in [-0.3, -0.25) is 4.98 Å². The van der Waals surface area contributed by atoms with Gasteiger partial charge in [0.05, 0.1) is 22.8 Å². The molecule has 0 spiro atoms. The molecule has 1 aromatic heterocycles. The highest BCUT2D eigenvalue weighted by atomic mass is 16.5. The Morgan fingerprint density at radius 1 is 1.07 bits per heavy atom. The van der Waals surface area contributed by atoms with E-state index in [1.807, 2.05) is 36.4 Å². The Hall–Kier alpha value is -3.67. The fraction of sp³-hybridized carbons (Fsp3) is 0.174. The number of ether oxygens (including phenoxy) is 1. The molecule has 29 heavy (non-hydrogen) atoms. The fourth-order valence-corrected chi connectivity index (χ4v) is 3.34. The predicted molar refractivity (Wildman–Crippen MR) is 110 cm³/mol. The van der Waals surface area contributed by atoms with Crippen molar-refractivity contribution in [2.24, 2.45) is 0 Å². The Kier molecular flexibility index (Phi) is 6.24. The van der Waals surface area contributed by atoms with Gasteiger partial charge in [-0.15, -0.1) is 0 Å². The smallest absolute Gasteiger partial charge is 0.337 e. The molecule has 1 aliphatic heterocycles. The molecular formula is C23H22N2O4. The Morgan fingerprint density at radius 3 is 2.41 bits per heavy atom. The van der Waals surface area contributed by atoms with Crippen molar-refractivity contribution in [3.05, 3.63) is 94.6 Å². The molecule has 2 N–H and O–H groups in total. The summed E-state index contributed by atoms with van der Waals surface area (Å²) in [6.07, 6.45) is 5.18.